The number of carbonyl (C=O) groups excluding carboxylic acids is 1. The molecule has 1 rings (SSSR count). The number of nitrogens with one attached hydrogen (secondary N) is 2. The Kier molecular flexibility index (Phi) is 5.13. The molecule has 1 atom stereocenters. The van der Waals surface area contributed by atoms with Crippen molar-refractivity contribution in [2.24, 2.45) is 0 Å². The van der Waals surface area contributed by atoms with E-state index >= 15 is 0 Å². The number of amides is 2. The van der Waals surface area contributed by atoms with Gasteiger partial charge in [0.1, 0.15) is 0 Å². The molecule has 0 aromatic heterocycles. The van der Waals surface area contributed by atoms with Crippen LogP contribution in [0.25, 0.3) is 0 Å². The lowest BCUT2D eigenvalue weighted by Crippen LogP contribution is -2.41. The van der Waals surface area contributed by atoms with Crippen molar-refractivity contribution >= 4 is 12.0 Å². The van der Waals surface area contributed by atoms with Gasteiger partial charge in [-0.25, -0.2) is 9.59 Å². The van der Waals surface area contributed by atoms with Gasteiger partial charge < -0.3 is 20.8 Å². The molecule has 0 aliphatic carbocycles. The minimum absolute atomic E-state index is 0.124. The molecule has 0 spiro atoms. The molecule has 2 amide bonds. The van der Waals surface area contributed by atoms with Crippen molar-refractivity contribution in [2.45, 2.75) is 19.5 Å². The highest BCUT2D eigenvalue weighted by Crippen LogP contribution is 2.04. The van der Waals surface area contributed by atoms with Crippen LogP contribution in [0, 0.1) is 0 Å². The summed E-state index contributed by atoms with van der Waals surface area (Å²) in [6.45, 7) is 1.85. The van der Waals surface area contributed by atoms with Gasteiger partial charge in [0.2, 0.25) is 0 Å². The molecule has 4 N–H and O–H groups in total. The zero-order valence-corrected chi connectivity index (χ0v) is 10.0. The predicted molar refractivity (Wildman–Crippen MR) is 65.3 cm³/mol. The number of benzene rings is 1. The standard InChI is InChI=1S/C12H16N2O4/c1-8(7-15)14-12(18)13-6-9-2-4-10(5-3-9)11(16)17/h2-5,8,15H,6-7H2,1H3,(H,16,17)(H2,13,14,18)/t8-/m0/s1. The number of rotatable bonds is 5. The first-order valence-corrected chi connectivity index (χ1v) is 5.50. The molecule has 0 radical (unpaired) electrons. The Morgan fingerprint density at radius 1 is 1.28 bits per heavy atom. The second kappa shape index (κ2) is 6.61. The number of hydrogen-bond acceptors (Lipinski definition) is 3. The molecular formula is C12H16N2O4. The Balaban J connectivity index is 2.44. The summed E-state index contributed by atoms with van der Waals surface area (Å²) in [5.74, 6) is -0.982. The number of carbonyl (C=O) groups is 2. The van der Waals surface area contributed by atoms with Crippen LogP contribution in [0.2, 0.25) is 0 Å². The minimum atomic E-state index is -0.982. The average molecular weight is 252 g/mol. The zero-order chi connectivity index (χ0) is 13.5. The van der Waals surface area contributed by atoms with Gasteiger partial charge in [0.15, 0.2) is 0 Å². The van der Waals surface area contributed by atoms with Crippen molar-refractivity contribution in [3.05, 3.63) is 35.4 Å². The highest BCUT2D eigenvalue weighted by atomic mass is 16.4. The molecule has 6 heteroatoms. The summed E-state index contributed by atoms with van der Waals surface area (Å²) < 4.78 is 0. The van der Waals surface area contributed by atoms with Crippen molar-refractivity contribution in [3.63, 3.8) is 0 Å². The van der Waals surface area contributed by atoms with E-state index in [4.69, 9.17) is 10.2 Å². The van der Waals surface area contributed by atoms with Gasteiger partial charge in [-0.15, -0.1) is 0 Å². The number of aliphatic hydroxyl groups is 1. The first-order valence-electron chi connectivity index (χ1n) is 5.50. The Bertz CT molecular complexity index is 417. The molecule has 0 saturated carbocycles. The van der Waals surface area contributed by atoms with Gasteiger partial charge in [-0.2, -0.15) is 0 Å². The summed E-state index contributed by atoms with van der Waals surface area (Å²) in [4.78, 5) is 22.0. The fourth-order valence-corrected chi connectivity index (χ4v) is 1.27. The smallest absolute Gasteiger partial charge is 0.335 e. The number of urea groups is 1. The molecule has 0 heterocycles. The van der Waals surface area contributed by atoms with E-state index in [0.29, 0.717) is 6.54 Å². The maximum atomic E-state index is 11.3. The lowest BCUT2D eigenvalue weighted by atomic mass is 10.1. The van der Waals surface area contributed by atoms with Gasteiger partial charge in [-0.05, 0) is 24.6 Å². The topological polar surface area (TPSA) is 98.7 Å². The highest BCUT2D eigenvalue weighted by molar-refractivity contribution is 5.87. The summed E-state index contributed by atoms with van der Waals surface area (Å²) in [5, 5.41) is 22.6. The lowest BCUT2D eigenvalue weighted by Gasteiger charge is -2.12. The molecule has 18 heavy (non-hydrogen) atoms. The van der Waals surface area contributed by atoms with Gasteiger partial charge in [0.25, 0.3) is 0 Å². The first kappa shape index (κ1) is 14.0. The molecule has 0 saturated heterocycles. The van der Waals surface area contributed by atoms with Crippen molar-refractivity contribution in [3.8, 4) is 0 Å². The van der Waals surface area contributed by atoms with Gasteiger partial charge >= 0.3 is 12.0 Å². The van der Waals surface area contributed by atoms with Crippen LogP contribution in [0.1, 0.15) is 22.8 Å². The molecule has 6 nitrogen and oxygen atoms in total. The van der Waals surface area contributed by atoms with Crippen molar-refractivity contribution in [1.82, 2.24) is 10.6 Å². The van der Waals surface area contributed by atoms with Gasteiger partial charge in [-0.3, -0.25) is 0 Å². The van der Waals surface area contributed by atoms with Gasteiger partial charge in [0.05, 0.1) is 18.2 Å². The van der Waals surface area contributed by atoms with Gasteiger partial charge in [0, 0.05) is 6.54 Å². The number of carboxylic acid groups (broad SMARTS) is 1. The maximum absolute atomic E-state index is 11.3. The molecule has 0 aliphatic rings. The number of hydrogen-bond donors (Lipinski definition) is 4. The molecular weight excluding hydrogens is 236 g/mol. The molecule has 98 valence electrons. The number of aliphatic hydroxyl groups excluding tert-OH is 1. The van der Waals surface area contributed by atoms with E-state index in [1.807, 2.05) is 0 Å². The highest BCUT2D eigenvalue weighted by Gasteiger charge is 2.06. The summed E-state index contributed by atoms with van der Waals surface area (Å²) in [6.07, 6.45) is 0. The van der Waals surface area contributed by atoms with E-state index in [2.05, 4.69) is 10.6 Å². The van der Waals surface area contributed by atoms with Crippen LogP contribution >= 0.6 is 0 Å². The predicted octanol–water partition coefficient (Wildman–Crippen LogP) is 0.565. The summed E-state index contributed by atoms with van der Waals surface area (Å²) in [5.41, 5.74) is 1.00. The van der Waals surface area contributed by atoms with E-state index in [0.717, 1.165) is 5.56 Å². The number of aromatic carboxylic acids is 1. The number of carboxylic acids is 1. The molecule has 1 aromatic carbocycles. The van der Waals surface area contributed by atoms with E-state index < -0.39 is 5.97 Å². The third-order valence-electron chi connectivity index (χ3n) is 2.31. The van der Waals surface area contributed by atoms with Crippen LogP contribution in [-0.4, -0.2) is 34.9 Å². The molecule has 0 aliphatic heterocycles. The van der Waals surface area contributed by atoms with Crippen LogP contribution in [0.15, 0.2) is 24.3 Å². The largest absolute Gasteiger partial charge is 0.478 e. The molecule has 0 unspecified atom stereocenters. The molecule has 0 bridgehead atoms. The maximum Gasteiger partial charge on any atom is 0.335 e. The fourth-order valence-electron chi connectivity index (χ4n) is 1.27. The van der Waals surface area contributed by atoms with E-state index in [1.165, 1.54) is 12.1 Å². The Hall–Kier alpha value is -2.08. The van der Waals surface area contributed by atoms with Crippen LogP contribution in [0.5, 0.6) is 0 Å². The summed E-state index contributed by atoms with van der Waals surface area (Å²) in [7, 11) is 0. The fraction of sp³-hybridized carbons (Fsp3) is 0.333. The van der Waals surface area contributed by atoms with E-state index in [-0.39, 0.29) is 24.2 Å². The van der Waals surface area contributed by atoms with Crippen molar-refractivity contribution in [1.29, 1.82) is 0 Å². The van der Waals surface area contributed by atoms with Crippen LogP contribution in [0.4, 0.5) is 4.79 Å². The van der Waals surface area contributed by atoms with Crippen LogP contribution < -0.4 is 10.6 Å². The lowest BCUT2D eigenvalue weighted by molar-refractivity contribution is 0.0697. The third-order valence-corrected chi connectivity index (χ3v) is 2.31. The van der Waals surface area contributed by atoms with E-state index in [1.54, 1.807) is 19.1 Å². The SMILES string of the molecule is C[C@@H](CO)NC(=O)NCc1ccc(C(=O)O)cc1. The molecule has 1 aromatic rings. The van der Waals surface area contributed by atoms with Gasteiger partial charge in [-0.1, -0.05) is 12.1 Å². The second-order valence-electron chi connectivity index (χ2n) is 3.91. The zero-order valence-electron chi connectivity index (χ0n) is 10.0. The Morgan fingerprint density at radius 2 is 1.89 bits per heavy atom. The van der Waals surface area contributed by atoms with Crippen LogP contribution in [-0.2, 0) is 6.54 Å². The summed E-state index contributed by atoms with van der Waals surface area (Å²) >= 11 is 0. The Morgan fingerprint density at radius 3 is 2.39 bits per heavy atom. The second-order valence-corrected chi connectivity index (χ2v) is 3.91. The Labute approximate surface area is 105 Å². The molecule has 0 fully saturated rings. The normalized spacial score (nSPS) is 11.7. The minimum Gasteiger partial charge on any atom is -0.478 e. The monoisotopic (exact) mass is 252 g/mol. The third kappa shape index (κ3) is 4.42. The quantitative estimate of drug-likeness (QED) is 0.615. The van der Waals surface area contributed by atoms with E-state index in [9.17, 15) is 9.59 Å². The average Bonchev–Trinajstić information content (AvgIpc) is 2.36. The van der Waals surface area contributed by atoms with Crippen molar-refractivity contribution < 1.29 is 19.8 Å². The summed E-state index contributed by atoms with van der Waals surface area (Å²) in [6, 6.07) is 5.55. The van der Waals surface area contributed by atoms with Crippen molar-refractivity contribution in [2.75, 3.05) is 6.61 Å². The van der Waals surface area contributed by atoms with Crippen LogP contribution in [0.3, 0.4) is 0 Å². The first-order chi connectivity index (χ1) is 8.52.